The van der Waals surface area contributed by atoms with Crippen molar-refractivity contribution in [1.82, 2.24) is 0 Å². The number of carbonyl (C=O) groups is 1. The minimum atomic E-state index is -0.928. The first-order valence-electron chi connectivity index (χ1n) is 3.86. The van der Waals surface area contributed by atoms with Gasteiger partial charge in [-0.1, -0.05) is 0 Å². The molecule has 1 rings (SSSR count). The number of rotatable bonds is 2. The molecule has 0 saturated carbocycles. The molecule has 1 aliphatic rings. The van der Waals surface area contributed by atoms with Crippen LogP contribution < -0.4 is 0 Å². The molecule has 12 heavy (non-hydrogen) atoms. The van der Waals surface area contributed by atoms with E-state index < -0.39 is 6.09 Å². The summed E-state index contributed by atoms with van der Waals surface area (Å²) in [5.74, 6) is 0.580. The second kappa shape index (κ2) is 3.20. The van der Waals surface area contributed by atoms with Crippen molar-refractivity contribution in [3.8, 4) is 0 Å². The standard InChI is InChI=1S/C7H12N2O3/c1-6-8-2-3-9(6,4-5-10)7(11)12/h10H,2-5H2,1H3/p+1. The Balaban J connectivity index is 2.87. The van der Waals surface area contributed by atoms with Gasteiger partial charge in [-0.15, -0.1) is 0 Å². The Morgan fingerprint density at radius 3 is 2.75 bits per heavy atom. The number of aliphatic hydroxyl groups excluding tert-OH is 1. The van der Waals surface area contributed by atoms with Crippen molar-refractivity contribution in [3.63, 3.8) is 0 Å². The number of quaternary nitrogens is 1. The molecule has 0 fully saturated rings. The number of amides is 1. The van der Waals surface area contributed by atoms with Gasteiger partial charge < -0.3 is 10.2 Å². The van der Waals surface area contributed by atoms with Crippen molar-refractivity contribution in [3.05, 3.63) is 0 Å². The van der Waals surface area contributed by atoms with Crippen LogP contribution >= 0.6 is 0 Å². The molecular formula is C7H13N2O3+. The first kappa shape index (κ1) is 9.15. The number of hydrogen-bond acceptors (Lipinski definition) is 3. The molecule has 1 aliphatic heterocycles. The summed E-state index contributed by atoms with van der Waals surface area (Å²) < 4.78 is -0.198. The van der Waals surface area contributed by atoms with Crippen LogP contribution in [0.15, 0.2) is 4.99 Å². The molecule has 0 spiro atoms. The van der Waals surface area contributed by atoms with E-state index >= 15 is 0 Å². The van der Waals surface area contributed by atoms with Gasteiger partial charge in [-0.25, -0.2) is 4.99 Å². The molecular weight excluding hydrogens is 160 g/mol. The maximum atomic E-state index is 10.9. The maximum absolute atomic E-state index is 10.9. The lowest BCUT2D eigenvalue weighted by Gasteiger charge is -2.25. The molecule has 0 aromatic heterocycles. The normalized spacial score (nSPS) is 28.7. The third-order valence-corrected chi connectivity index (χ3v) is 2.29. The van der Waals surface area contributed by atoms with Crippen LogP contribution in [0.4, 0.5) is 4.79 Å². The summed E-state index contributed by atoms with van der Waals surface area (Å²) in [6, 6.07) is 0. The quantitative estimate of drug-likeness (QED) is 0.573. The fourth-order valence-corrected chi connectivity index (χ4v) is 1.45. The van der Waals surface area contributed by atoms with Gasteiger partial charge in [0.1, 0.15) is 13.1 Å². The van der Waals surface area contributed by atoms with Crippen LogP contribution in [-0.4, -0.2) is 52.9 Å². The van der Waals surface area contributed by atoms with Gasteiger partial charge in [-0.05, 0) is 0 Å². The van der Waals surface area contributed by atoms with Crippen molar-refractivity contribution in [1.29, 1.82) is 0 Å². The molecule has 1 atom stereocenters. The summed E-state index contributed by atoms with van der Waals surface area (Å²) in [6.45, 7) is 2.78. The van der Waals surface area contributed by atoms with Gasteiger partial charge >= 0.3 is 6.09 Å². The van der Waals surface area contributed by atoms with Crippen LogP contribution in [0.1, 0.15) is 6.92 Å². The van der Waals surface area contributed by atoms with Gasteiger partial charge in [0.15, 0.2) is 0 Å². The minimum absolute atomic E-state index is 0.126. The van der Waals surface area contributed by atoms with Gasteiger partial charge in [-0.2, -0.15) is 9.28 Å². The average Bonchev–Trinajstić information content (AvgIpc) is 2.34. The Labute approximate surface area is 70.5 Å². The zero-order chi connectivity index (χ0) is 9.19. The van der Waals surface area contributed by atoms with Crippen molar-refractivity contribution >= 4 is 11.9 Å². The summed E-state index contributed by atoms with van der Waals surface area (Å²) in [5, 5.41) is 17.7. The number of aliphatic imine (C=N–C) groups is 1. The Hall–Kier alpha value is -0.940. The predicted octanol–water partition coefficient (Wildman–Crippen LogP) is -0.0945. The van der Waals surface area contributed by atoms with Gasteiger partial charge in [-0.3, -0.25) is 0 Å². The van der Waals surface area contributed by atoms with E-state index in [1.807, 2.05) is 0 Å². The van der Waals surface area contributed by atoms with Crippen molar-refractivity contribution < 1.29 is 19.5 Å². The summed E-state index contributed by atoms with van der Waals surface area (Å²) in [6.07, 6.45) is -0.928. The van der Waals surface area contributed by atoms with E-state index in [2.05, 4.69) is 4.99 Å². The molecule has 0 bridgehead atoms. The molecule has 1 heterocycles. The van der Waals surface area contributed by atoms with Crippen molar-refractivity contribution in [2.45, 2.75) is 6.92 Å². The molecule has 0 radical (unpaired) electrons. The fraction of sp³-hybridized carbons (Fsp3) is 0.714. The molecule has 0 saturated heterocycles. The first-order valence-corrected chi connectivity index (χ1v) is 3.86. The fourth-order valence-electron chi connectivity index (χ4n) is 1.45. The summed E-state index contributed by atoms with van der Waals surface area (Å²) in [7, 11) is 0. The minimum Gasteiger partial charge on any atom is -0.435 e. The molecule has 0 aliphatic carbocycles. The molecule has 1 amide bonds. The lowest BCUT2D eigenvalue weighted by molar-refractivity contribution is -0.760. The molecule has 2 N–H and O–H groups in total. The Kier molecular flexibility index (Phi) is 2.44. The molecule has 5 nitrogen and oxygen atoms in total. The second-order valence-electron chi connectivity index (χ2n) is 2.85. The zero-order valence-electron chi connectivity index (χ0n) is 7.03. The van der Waals surface area contributed by atoms with Crippen molar-refractivity contribution in [2.75, 3.05) is 26.2 Å². The predicted molar refractivity (Wildman–Crippen MR) is 43.1 cm³/mol. The van der Waals surface area contributed by atoms with E-state index in [0.29, 0.717) is 18.9 Å². The van der Waals surface area contributed by atoms with E-state index in [9.17, 15) is 4.79 Å². The van der Waals surface area contributed by atoms with Crippen LogP contribution in [0.2, 0.25) is 0 Å². The highest BCUT2D eigenvalue weighted by molar-refractivity contribution is 5.83. The van der Waals surface area contributed by atoms with E-state index in [-0.39, 0.29) is 17.6 Å². The molecule has 0 aromatic carbocycles. The first-order chi connectivity index (χ1) is 5.63. The second-order valence-corrected chi connectivity index (χ2v) is 2.85. The van der Waals surface area contributed by atoms with Gasteiger partial charge in [0, 0.05) is 6.92 Å². The smallest absolute Gasteiger partial charge is 0.435 e. The third kappa shape index (κ3) is 1.21. The van der Waals surface area contributed by atoms with Crippen LogP contribution in [-0.2, 0) is 0 Å². The molecule has 0 aromatic rings. The van der Waals surface area contributed by atoms with Gasteiger partial charge in [0.2, 0.25) is 5.84 Å². The topological polar surface area (TPSA) is 69.9 Å². The highest BCUT2D eigenvalue weighted by atomic mass is 16.4. The van der Waals surface area contributed by atoms with Crippen LogP contribution in [0, 0.1) is 0 Å². The number of aliphatic hydroxyl groups is 1. The number of nitrogens with zero attached hydrogens (tertiary/aromatic N) is 2. The lowest BCUT2D eigenvalue weighted by Crippen LogP contribution is -2.55. The summed E-state index contributed by atoms with van der Waals surface area (Å²) in [5.41, 5.74) is 0. The average molecular weight is 173 g/mol. The zero-order valence-corrected chi connectivity index (χ0v) is 7.03. The lowest BCUT2D eigenvalue weighted by atomic mass is 10.4. The summed E-state index contributed by atoms with van der Waals surface area (Å²) in [4.78, 5) is 14.9. The van der Waals surface area contributed by atoms with Gasteiger partial charge in [0.05, 0.1) is 13.2 Å². The van der Waals surface area contributed by atoms with Crippen LogP contribution in [0.5, 0.6) is 0 Å². The highest BCUT2D eigenvalue weighted by Crippen LogP contribution is 2.15. The third-order valence-electron chi connectivity index (χ3n) is 2.29. The molecule has 68 valence electrons. The highest BCUT2D eigenvalue weighted by Gasteiger charge is 2.43. The Morgan fingerprint density at radius 1 is 1.75 bits per heavy atom. The SMILES string of the molecule is CC1=NCC[N+]1(CCO)C(=O)O. The Bertz CT molecular complexity index is 227. The number of hydrogen-bond donors (Lipinski definition) is 2. The van der Waals surface area contributed by atoms with E-state index in [1.165, 1.54) is 0 Å². The van der Waals surface area contributed by atoms with E-state index in [1.54, 1.807) is 6.92 Å². The molecule has 5 heteroatoms. The van der Waals surface area contributed by atoms with Gasteiger partial charge in [0.25, 0.3) is 0 Å². The van der Waals surface area contributed by atoms with E-state index in [0.717, 1.165) is 0 Å². The largest absolute Gasteiger partial charge is 0.519 e. The number of carboxylic acid groups (broad SMARTS) is 1. The number of amidine groups is 1. The van der Waals surface area contributed by atoms with E-state index in [4.69, 9.17) is 10.2 Å². The summed E-state index contributed by atoms with van der Waals surface area (Å²) >= 11 is 0. The van der Waals surface area contributed by atoms with Crippen LogP contribution in [0.25, 0.3) is 0 Å². The van der Waals surface area contributed by atoms with Crippen molar-refractivity contribution in [2.24, 2.45) is 4.99 Å². The maximum Gasteiger partial charge on any atom is 0.519 e. The molecule has 1 unspecified atom stereocenters. The van der Waals surface area contributed by atoms with Crippen LogP contribution in [0.3, 0.4) is 0 Å². The monoisotopic (exact) mass is 173 g/mol. The Morgan fingerprint density at radius 2 is 2.42 bits per heavy atom.